The lowest BCUT2D eigenvalue weighted by atomic mass is 9.86. The molecule has 2 aromatic heterocycles. The average Bonchev–Trinajstić information content (AvgIpc) is 3.17. The van der Waals surface area contributed by atoms with E-state index < -0.39 is 0 Å². The van der Waals surface area contributed by atoms with Crippen LogP contribution in [0.3, 0.4) is 0 Å². The lowest BCUT2D eigenvalue weighted by molar-refractivity contribution is 0.834. The van der Waals surface area contributed by atoms with Gasteiger partial charge in [-0.1, -0.05) is 72.8 Å². The highest BCUT2D eigenvalue weighted by Gasteiger charge is 2.22. The largest absolute Gasteiger partial charge is 0.256 e. The minimum Gasteiger partial charge on any atom is -0.256 e. The molecule has 0 aliphatic heterocycles. The summed E-state index contributed by atoms with van der Waals surface area (Å²) in [5.41, 5.74) is 7.83. The number of pyridine rings is 1. The third kappa shape index (κ3) is 3.05. The fourth-order valence-corrected chi connectivity index (χ4v) is 5.01. The van der Waals surface area contributed by atoms with Gasteiger partial charge < -0.3 is 0 Å². The number of benzene rings is 4. The Balaban J connectivity index is 1.76. The highest BCUT2D eigenvalue weighted by atomic mass is 15.3. The molecule has 158 valence electrons. The molecule has 0 bridgehead atoms. The van der Waals surface area contributed by atoms with Crippen molar-refractivity contribution in [2.45, 2.75) is 13.8 Å². The summed E-state index contributed by atoms with van der Waals surface area (Å²) in [6.45, 7) is 4.27. The first-order chi connectivity index (χ1) is 16.2. The van der Waals surface area contributed by atoms with E-state index in [1.54, 1.807) is 0 Å². The quantitative estimate of drug-likeness (QED) is 0.274. The summed E-state index contributed by atoms with van der Waals surface area (Å²) in [6, 6.07) is 33.8. The molecule has 0 aliphatic carbocycles. The molecule has 3 heteroatoms. The Morgan fingerprint density at radius 3 is 1.67 bits per heavy atom. The predicted octanol–water partition coefficient (Wildman–Crippen LogP) is 7.52. The van der Waals surface area contributed by atoms with Gasteiger partial charge in [-0.3, -0.25) is 4.98 Å². The molecule has 0 saturated heterocycles. The fraction of sp³-hybridized carbons (Fsp3) is 0.0667. The predicted molar refractivity (Wildman–Crippen MR) is 137 cm³/mol. The molecule has 2 heterocycles. The van der Waals surface area contributed by atoms with Crippen molar-refractivity contribution in [2.24, 2.45) is 0 Å². The van der Waals surface area contributed by atoms with E-state index >= 15 is 0 Å². The van der Waals surface area contributed by atoms with Crippen LogP contribution in [-0.2, 0) is 0 Å². The summed E-state index contributed by atoms with van der Waals surface area (Å²) in [6.07, 6.45) is 1.87. The second-order valence-electron chi connectivity index (χ2n) is 8.35. The first kappa shape index (κ1) is 19.4. The van der Waals surface area contributed by atoms with Crippen LogP contribution in [0.5, 0.6) is 0 Å². The van der Waals surface area contributed by atoms with Gasteiger partial charge in [0.15, 0.2) is 0 Å². The lowest BCUT2D eigenvalue weighted by Crippen LogP contribution is -1.98. The van der Waals surface area contributed by atoms with E-state index in [9.17, 15) is 0 Å². The van der Waals surface area contributed by atoms with E-state index in [0.29, 0.717) is 0 Å². The summed E-state index contributed by atoms with van der Waals surface area (Å²) in [5.74, 6) is 0. The Kier molecular flexibility index (Phi) is 4.55. The number of aromatic nitrogens is 3. The molecule has 6 rings (SSSR count). The van der Waals surface area contributed by atoms with Gasteiger partial charge in [0, 0.05) is 28.6 Å². The van der Waals surface area contributed by atoms with Crippen molar-refractivity contribution in [1.29, 1.82) is 0 Å². The number of para-hydroxylation sites is 1. The highest BCUT2D eigenvalue weighted by molar-refractivity contribution is 6.21. The Morgan fingerprint density at radius 2 is 1.09 bits per heavy atom. The molecule has 0 amide bonds. The van der Waals surface area contributed by atoms with Crippen LogP contribution in [0.4, 0.5) is 0 Å². The topological polar surface area (TPSA) is 30.7 Å². The second-order valence-corrected chi connectivity index (χ2v) is 8.35. The maximum Gasteiger partial charge on any atom is 0.0714 e. The summed E-state index contributed by atoms with van der Waals surface area (Å²) < 4.78 is 2.06. The second kappa shape index (κ2) is 7.72. The molecule has 0 unspecified atom stereocenters. The molecule has 0 spiro atoms. The number of rotatable bonds is 3. The van der Waals surface area contributed by atoms with Crippen LogP contribution in [0, 0.1) is 13.8 Å². The summed E-state index contributed by atoms with van der Waals surface area (Å²) in [7, 11) is 0. The zero-order chi connectivity index (χ0) is 22.4. The van der Waals surface area contributed by atoms with Crippen LogP contribution in [0.1, 0.15) is 11.4 Å². The van der Waals surface area contributed by atoms with Gasteiger partial charge >= 0.3 is 0 Å². The minimum atomic E-state index is 0.991. The molecule has 0 radical (unpaired) electrons. The first-order valence-corrected chi connectivity index (χ1v) is 11.2. The van der Waals surface area contributed by atoms with Gasteiger partial charge in [0.25, 0.3) is 0 Å². The molecule has 3 nitrogen and oxygen atoms in total. The molecule has 33 heavy (non-hydrogen) atoms. The smallest absolute Gasteiger partial charge is 0.0714 e. The summed E-state index contributed by atoms with van der Waals surface area (Å²) >= 11 is 0. The zero-order valence-corrected chi connectivity index (χ0v) is 18.7. The van der Waals surface area contributed by atoms with Crippen molar-refractivity contribution in [3.05, 3.63) is 115 Å². The van der Waals surface area contributed by atoms with Gasteiger partial charge in [-0.15, -0.1) is 0 Å². The minimum absolute atomic E-state index is 0.991. The Labute approximate surface area is 193 Å². The van der Waals surface area contributed by atoms with Gasteiger partial charge in [0.2, 0.25) is 0 Å². The van der Waals surface area contributed by atoms with Crippen LogP contribution in [-0.4, -0.2) is 14.8 Å². The maximum atomic E-state index is 4.96. The maximum absolute atomic E-state index is 4.96. The van der Waals surface area contributed by atoms with E-state index in [2.05, 4.69) is 103 Å². The molecular formula is C30H23N3. The highest BCUT2D eigenvalue weighted by Crippen LogP contribution is 2.44. The summed E-state index contributed by atoms with van der Waals surface area (Å²) in [4.78, 5) is 4.71. The molecule has 4 aromatic carbocycles. The van der Waals surface area contributed by atoms with Gasteiger partial charge in [-0.2, -0.15) is 5.10 Å². The first-order valence-electron chi connectivity index (χ1n) is 11.2. The third-order valence-corrected chi connectivity index (χ3v) is 6.39. The standard InChI is InChI=1S/C30H23N3/c1-20-28(21(2)33(32-20)22-12-4-3-5-13-22)30-25-16-8-6-14-23(25)29(27-18-10-11-19-31-27)24-15-7-9-17-26(24)30/h3-19H,1-2H3. The van der Waals surface area contributed by atoms with Crippen LogP contribution < -0.4 is 0 Å². The van der Waals surface area contributed by atoms with Crippen molar-refractivity contribution >= 4 is 21.5 Å². The zero-order valence-electron chi connectivity index (χ0n) is 18.7. The number of nitrogens with zero attached hydrogens (tertiary/aromatic N) is 3. The molecule has 0 fully saturated rings. The number of hydrogen-bond donors (Lipinski definition) is 0. The van der Waals surface area contributed by atoms with Crippen molar-refractivity contribution in [2.75, 3.05) is 0 Å². The normalized spacial score (nSPS) is 11.3. The molecule has 6 aromatic rings. The lowest BCUT2D eigenvalue weighted by Gasteiger charge is -2.17. The molecule has 0 saturated carbocycles. The molecule has 0 N–H and O–H groups in total. The van der Waals surface area contributed by atoms with Gasteiger partial charge in [-0.25, -0.2) is 4.68 Å². The van der Waals surface area contributed by atoms with E-state index in [0.717, 1.165) is 22.8 Å². The van der Waals surface area contributed by atoms with Crippen molar-refractivity contribution in [3.63, 3.8) is 0 Å². The Morgan fingerprint density at radius 1 is 0.545 bits per heavy atom. The number of fused-ring (bicyclic) bond motifs is 2. The SMILES string of the molecule is Cc1nn(-c2ccccc2)c(C)c1-c1c2ccccc2c(-c2ccccn2)c2ccccc12. The monoisotopic (exact) mass is 425 g/mol. The van der Waals surface area contributed by atoms with Crippen LogP contribution in [0.2, 0.25) is 0 Å². The molecule has 0 aliphatic rings. The third-order valence-electron chi connectivity index (χ3n) is 6.39. The van der Waals surface area contributed by atoms with Crippen molar-refractivity contribution in [1.82, 2.24) is 14.8 Å². The van der Waals surface area contributed by atoms with E-state index in [-0.39, 0.29) is 0 Å². The van der Waals surface area contributed by atoms with E-state index in [1.807, 2.05) is 18.3 Å². The number of hydrogen-bond acceptors (Lipinski definition) is 2. The van der Waals surface area contributed by atoms with Gasteiger partial charge in [0.1, 0.15) is 0 Å². The molecule has 0 atom stereocenters. The van der Waals surface area contributed by atoms with Crippen LogP contribution in [0.25, 0.3) is 49.6 Å². The van der Waals surface area contributed by atoms with E-state index in [4.69, 9.17) is 10.1 Å². The average molecular weight is 426 g/mol. The van der Waals surface area contributed by atoms with Gasteiger partial charge in [-0.05, 0) is 59.7 Å². The van der Waals surface area contributed by atoms with Crippen LogP contribution in [0.15, 0.2) is 103 Å². The van der Waals surface area contributed by atoms with E-state index in [1.165, 1.54) is 38.2 Å². The Hall–Kier alpha value is -4.24. The molecular weight excluding hydrogens is 402 g/mol. The Bertz CT molecular complexity index is 1560. The summed E-state index contributed by atoms with van der Waals surface area (Å²) in [5, 5.41) is 9.80. The van der Waals surface area contributed by atoms with Crippen molar-refractivity contribution in [3.8, 4) is 28.1 Å². The van der Waals surface area contributed by atoms with Crippen LogP contribution >= 0.6 is 0 Å². The van der Waals surface area contributed by atoms with Gasteiger partial charge in [0.05, 0.1) is 17.1 Å². The van der Waals surface area contributed by atoms with Crippen molar-refractivity contribution < 1.29 is 0 Å². The fourth-order valence-electron chi connectivity index (χ4n) is 5.01. The number of aryl methyl sites for hydroxylation is 1.